The summed E-state index contributed by atoms with van der Waals surface area (Å²) in [4.78, 5) is 18.2. The highest BCUT2D eigenvalue weighted by atomic mass is 16.4. The molecule has 0 unspecified atom stereocenters. The quantitative estimate of drug-likeness (QED) is 0.906. The number of nitrogens with zero attached hydrogens (tertiary/aromatic N) is 2. The minimum atomic E-state index is -0.912. The summed E-state index contributed by atoms with van der Waals surface area (Å²) in [6.45, 7) is 8.01. The second-order valence-electron chi connectivity index (χ2n) is 5.28. The highest BCUT2D eigenvalue weighted by Gasteiger charge is 2.15. The van der Waals surface area contributed by atoms with Crippen molar-refractivity contribution in [1.29, 1.82) is 0 Å². The predicted octanol–water partition coefficient (Wildman–Crippen LogP) is 3.42. The Morgan fingerprint density at radius 1 is 1.35 bits per heavy atom. The first-order valence-electron chi connectivity index (χ1n) is 6.91. The highest BCUT2D eigenvalue weighted by molar-refractivity contribution is 6.03. The van der Waals surface area contributed by atoms with Crippen LogP contribution >= 0.6 is 0 Å². The highest BCUT2D eigenvalue weighted by Crippen LogP contribution is 2.23. The summed E-state index contributed by atoms with van der Waals surface area (Å²) < 4.78 is 0. The van der Waals surface area contributed by atoms with Gasteiger partial charge in [0, 0.05) is 18.5 Å². The van der Waals surface area contributed by atoms with E-state index in [1.807, 2.05) is 18.2 Å². The smallest absolute Gasteiger partial charge is 0.336 e. The minimum Gasteiger partial charge on any atom is -0.478 e. The number of rotatable bonds is 5. The maximum Gasteiger partial charge on any atom is 0.336 e. The molecule has 1 heterocycles. The molecule has 0 saturated heterocycles. The number of hydrogen-bond donors (Lipinski definition) is 1. The number of benzene rings is 1. The van der Waals surface area contributed by atoms with Gasteiger partial charge < -0.3 is 10.0 Å². The first-order valence-corrected chi connectivity index (χ1v) is 6.91. The monoisotopic (exact) mass is 272 g/mol. The molecule has 1 aromatic carbocycles. The number of carboxylic acid groups (broad SMARTS) is 1. The van der Waals surface area contributed by atoms with Crippen molar-refractivity contribution in [2.45, 2.75) is 20.8 Å². The van der Waals surface area contributed by atoms with E-state index in [9.17, 15) is 9.90 Å². The molecule has 1 N–H and O–H groups in total. The lowest BCUT2D eigenvalue weighted by Gasteiger charge is -2.24. The van der Waals surface area contributed by atoms with E-state index in [0.29, 0.717) is 16.9 Å². The van der Waals surface area contributed by atoms with Crippen LogP contribution in [-0.4, -0.2) is 29.1 Å². The Morgan fingerprint density at radius 3 is 2.65 bits per heavy atom. The number of hydrogen-bond acceptors (Lipinski definition) is 3. The molecule has 4 nitrogen and oxygen atoms in total. The first kappa shape index (κ1) is 14.3. The lowest BCUT2D eigenvalue weighted by Crippen LogP contribution is -2.28. The Hall–Kier alpha value is -2.10. The molecule has 0 aliphatic heterocycles. The summed E-state index contributed by atoms with van der Waals surface area (Å²) in [5, 5.41) is 10.1. The number of aromatic carboxylic acids is 1. The van der Waals surface area contributed by atoms with E-state index in [4.69, 9.17) is 0 Å². The van der Waals surface area contributed by atoms with Crippen LogP contribution in [0.1, 0.15) is 31.1 Å². The Morgan fingerprint density at radius 2 is 2.05 bits per heavy atom. The molecule has 0 bridgehead atoms. The fourth-order valence-electron chi connectivity index (χ4n) is 2.33. The molecule has 0 saturated carbocycles. The third kappa shape index (κ3) is 2.90. The Kier molecular flexibility index (Phi) is 4.23. The van der Waals surface area contributed by atoms with Gasteiger partial charge in [-0.1, -0.05) is 32.0 Å². The number of fused-ring (bicyclic) bond motifs is 1. The van der Waals surface area contributed by atoms with Crippen molar-refractivity contribution in [1.82, 2.24) is 4.98 Å². The number of carboxylic acids is 1. The summed E-state index contributed by atoms with van der Waals surface area (Å²) in [6.07, 6.45) is 0. The SMILES string of the molecule is CCN(CC(C)C)c1cc(C(=O)O)c2ccccc2n1. The van der Waals surface area contributed by atoms with Gasteiger partial charge >= 0.3 is 5.97 Å². The van der Waals surface area contributed by atoms with Gasteiger partial charge in [-0.15, -0.1) is 0 Å². The molecule has 0 radical (unpaired) electrons. The van der Waals surface area contributed by atoms with Crippen LogP contribution in [-0.2, 0) is 0 Å². The second-order valence-corrected chi connectivity index (χ2v) is 5.28. The van der Waals surface area contributed by atoms with Crippen molar-refractivity contribution in [3.05, 3.63) is 35.9 Å². The van der Waals surface area contributed by atoms with Crippen molar-refractivity contribution in [3.8, 4) is 0 Å². The standard InChI is InChI=1S/C16H20N2O2/c1-4-18(10-11(2)3)15-9-13(16(19)20)12-7-5-6-8-14(12)17-15/h5-9,11H,4,10H2,1-3H3,(H,19,20). The summed E-state index contributed by atoms with van der Waals surface area (Å²) >= 11 is 0. The van der Waals surface area contributed by atoms with Crippen molar-refractivity contribution < 1.29 is 9.90 Å². The van der Waals surface area contributed by atoms with Crippen LogP contribution in [0.15, 0.2) is 30.3 Å². The van der Waals surface area contributed by atoms with E-state index in [1.165, 1.54) is 0 Å². The van der Waals surface area contributed by atoms with Gasteiger partial charge in [0.25, 0.3) is 0 Å². The van der Waals surface area contributed by atoms with E-state index in [0.717, 1.165) is 24.4 Å². The number of aromatic nitrogens is 1. The van der Waals surface area contributed by atoms with Crippen molar-refractivity contribution in [3.63, 3.8) is 0 Å². The molecule has 2 aromatic rings. The average Bonchev–Trinajstić information content (AvgIpc) is 2.43. The van der Waals surface area contributed by atoms with Gasteiger partial charge in [-0.05, 0) is 25.0 Å². The molecule has 0 aliphatic rings. The number of para-hydroxylation sites is 1. The Labute approximate surface area is 119 Å². The van der Waals surface area contributed by atoms with Crippen LogP contribution in [0.25, 0.3) is 10.9 Å². The lowest BCUT2D eigenvalue weighted by atomic mass is 10.1. The van der Waals surface area contributed by atoms with E-state index < -0.39 is 5.97 Å². The maximum atomic E-state index is 11.5. The lowest BCUT2D eigenvalue weighted by molar-refractivity contribution is 0.0699. The van der Waals surface area contributed by atoms with Gasteiger partial charge in [0.15, 0.2) is 0 Å². The van der Waals surface area contributed by atoms with Crippen LogP contribution in [0.4, 0.5) is 5.82 Å². The summed E-state index contributed by atoms with van der Waals surface area (Å²) in [5.74, 6) is 0.319. The van der Waals surface area contributed by atoms with E-state index in [2.05, 4.69) is 30.7 Å². The third-order valence-corrected chi connectivity index (χ3v) is 3.22. The van der Waals surface area contributed by atoms with Gasteiger partial charge in [0.1, 0.15) is 5.82 Å². The van der Waals surface area contributed by atoms with Crippen molar-refractivity contribution >= 4 is 22.7 Å². The largest absolute Gasteiger partial charge is 0.478 e. The van der Waals surface area contributed by atoms with Crippen LogP contribution < -0.4 is 4.90 Å². The van der Waals surface area contributed by atoms with Crippen LogP contribution in [0.3, 0.4) is 0 Å². The normalized spacial score (nSPS) is 11.0. The zero-order valence-electron chi connectivity index (χ0n) is 12.1. The molecule has 0 amide bonds. The number of carbonyl (C=O) groups is 1. The minimum absolute atomic E-state index is 0.313. The van der Waals surface area contributed by atoms with Gasteiger partial charge in [-0.3, -0.25) is 0 Å². The zero-order chi connectivity index (χ0) is 14.7. The molecule has 0 spiro atoms. The molecular formula is C16H20N2O2. The van der Waals surface area contributed by atoms with Gasteiger partial charge in [0.2, 0.25) is 0 Å². The molecule has 1 aromatic heterocycles. The summed E-state index contributed by atoms with van der Waals surface area (Å²) in [6, 6.07) is 9.05. The Bertz CT molecular complexity index is 623. The van der Waals surface area contributed by atoms with Crippen LogP contribution in [0, 0.1) is 5.92 Å². The molecule has 0 fully saturated rings. The summed E-state index contributed by atoms with van der Waals surface area (Å²) in [5.41, 5.74) is 1.04. The summed E-state index contributed by atoms with van der Waals surface area (Å²) in [7, 11) is 0. The molecule has 20 heavy (non-hydrogen) atoms. The maximum absolute atomic E-state index is 11.5. The van der Waals surface area contributed by atoms with Gasteiger partial charge in [-0.25, -0.2) is 9.78 Å². The van der Waals surface area contributed by atoms with Crippen molar-refractivity contribution in [2.75, 3.05) is 18.0 Å². The molecule has 0 atom stereocenters. The Balaban J connectivity index is 2.56. The van der Waals surface area contributed by atoms with E-state index in [-0.39, 0.29) is 0 Å². The van der Waals surface area contributed by atoms with Gasteiger partial charge in [0.05, 0.1) is 11.1 Å². The fourth-order valence-corrected chi connectivity index (χ4v) is 2.33. The van der Waals surface area contributed by atoms with E-state index in [1.54, 1.807) is 12.1 Å². The van der Waals surface area contributed by atoms with Crippen LogP contribution in [0.5, 0.6) is 0 Å². The second kappa shape index (κ2) is 5.90. The van der Waals surface area contributed by atoms with Crippen LogP contribution in [0.2, 0.25) is 0 Å². The molecule has 0 aliphatic carbocycles. The topological polar surface area (TPSA) is 53.4 Å². The predicted molar refractivity (Wildman–Crippen MR) is 81.4 cm³/mol. The average molecular weight is 272 g/mol. The number of pyridine rings is 1. The first-order chi connectivity index (χ1) is 9.52. The molecule has 4 heteroatoms. The number of anilines is 1. The molecular weight excluding hydrogens is 252 g/mol. The van der Waals surface area contributed by atoms with E-state index >= 15 is 0 Å². The fraction of sp³-hybridized carbons (Fsp3) is 0.375. The molecule has 2 rings (SSSR count). The third-order valence-electron chi connectivity index (χ3n) is 3.22. The molecule has 106 valence electrons. The van der Waals surface area contributed by atoms with Gasteiger partial charge in [-0.2, -0.15) is 0 Å². The van der Waals surface area contributed by atoms with Crippen molar-refractivity contribution in [2.24, 2.45) is 5.92 Å². The zero-order valence-corrected chi connectivity index (χ0v) is 12.1.